The Balaban J connectivity index is 1.75. The van der Waals surface area contributed by atoms with Crippen LogP contribution in [0.5, 0.6) is 5.75 Å². The fraction of sp³-hybridized carbons (Fsp3) is 0.250. The summed E-state index contributed by atoms with van der Waals surface area (Å²) in [6, 6.07) is 9.54. The van der Waals surface area contributed by atoms with Crippen molar-refractivity contribution in [1.82, 2.24) is 4.90 Å². The molecule has 1 aliphatic rings. The summed E-state index contributed by atoms with van der Waals surface area (Å²) >= 11 is 6.26. The zero-order valence-electron chi connectivity index (χ0n) is 15.5. The molecule has 3 rings (SSSR count). The predicted molar refractivity (Wildman–Crippen MR) is 107 cm³/mol. The van der Waals surface area contributed by atoms with E-state index in [4.69, 9.17) is 16.3 Å². The minimum Gasteiger partial charge on any atom is -0.482 e. The Morgan fingerprint density at radius 3 is 2.61 bits per heavy atom. The Labute approximate surface area is 167 Å². The predicted octanol–water partition coefficient (Wildman–Crippen LogP) is 3.41. The highest BCUT2D eigenvalue weighted by Crippen LogP contribution is 2.29. The first kappa shape index (κ1) is 19.7. The van der Waals surface area contributed by atoms with Gasteiger partial charge in [0.25, 0.3) is 17.7 Å². The van der Waals surface area contributed by atoms with E-state index in [1.807, 2.05) is 13.8 Å². The lowest BCUT2D eigenvalue weighted by Crippen LogP contribution is -2.30. The van der Waals surface area contributed by atoms with E-state index in [9.17, 15) is 14.4 Å². The lowest BCUT2D eigenvalue weighted by atomic mass is 10.1. The minimum atomic E-state index is -0.359. The van der Waals surface area contributed by atoms with Gasteiger partial charge in [0.2, 0.25) is 0 Å². The summed E-state index contributed by atoms with van der Waals surface area (Å²) in [6.07, 6.45) is 0. The number of nitrogens with one attached hydrogen (secondary N) is 2. The lowest BCUT2D eigenvalue weighted by molar-refractivity contribution is -0.118. The SMILES string of the molecule is CCN(CC)C(=O)c1ccc(NC(=O)c2ccc3c(c2)OCC(=O)N3)cc1Cl. The second-order valence-corrected chi connectivity index (χ2v) is 6.58. The molecule has 0 unspecified atom stereocenters. The first-order valence-corrected chi connectivity index (χ1v) is 9.27. The van der Waals surface area contributed by atoms with Crippen molar-refractivity contribution in [2.75, 3.05) is 30.3 Å². The van der Waals surface area contributed by atoms with Crippen molar-refractivity contribution >= 4 is 40.7 Å². The Morgan fingerprint density at radius 2 is 1.93 bits per heavy atom. The molecule has 0 saturated carbocycles. The van der Waals surface area contributed by atoms with E-state index >= 15 is 0 Å². The first-order chi connectivity index (χ1) is 13.4. The van der Waals surface area contributed by atoms with Crippen molar-refractivity contribution < 1.29 is 19.1 Å². The number of halogens is 1. The highest BCUT2D eigenvalue weighted by Gasteiger charge is 2.19. The highest BCUT2D eigenvalue weighted by molar-refractivity contribution is 6.34. The number of carbonyl (C=O) groups is 3. The van der Waals surface area contributed by atoms with Gasteiger partial charge in [0.1, 0.15) is 5.75 Å². The summed E-state index contributed by atoms with van der Waals surface area (Å²) in [5.74, 6) is -0.312. The van der Waals surface area contributed by atoms with Gasteiger partial charge in [-0.1, -0.05) is 11.6 Å². The summed E-state index contributed by atoms with van der Waals surface area (Å²) in [5.41, 5.74) is 1.75. The van der Waals surface area contributed by atoms with Gasteiger partial charge in [-0.2, -0.15) is 0 Å². The maximum atomic E-state index is 12.5. The van der Waals surface area contributed by atoms with Crippen molar-refractivity contribution in [3.63, 3.8) is 0 Å². The number of rotatable bonds is 5. The molecule has 0 atom stereocenters. The van der Waals surface area contributed by atoms with Gasteiger partial charge < -0.3 is 20.3 Å². The first-order valence-electron chi connectivity index (χ1n) is 8.89. The Hall–Kier alpha value is -3.06. The number of hydrogen-bond acceptors (Lipinski definition) is 4. The van der Waals surface area contributed by atoms with E-state index in [1.54, 1.807) is 41.3 Å². The summed E-state index contributed by atoms with van der Waals surface area (Å²) in [5, 5.41) is 5.69. The molecule has 0 radical (unpaired) electrons. The molecular weight excluding hydrogens is 382 g/mol. The van der Waals surface area contributed by atoms with Gasteiger partial charge in [-0.05, 0) is 50.2 Å². The number of ether oxygens (including phenoxy) is 1. The molecule has 0 aromatic heterocycles. The minimum absolute atomic E-state index is 0.0876. The average molecular weight is 402 g/mol. The van der Waals surface area contributed by atoms with Crippen molar-refractivity contribution in [3.8, 4) is 5.75 Å². The molecule has 0 aliphatic carbocycles. The molecule has 7 nitrogen and oxygen atoms in total. The lowest BCUT2D eigenvalue weighted by Gasteiger charge is -2.19. The number of carbonyl (C=O) groups excluding carboxylic acids is 3. The van der Waals surface area contributed by atoms with Crippen LogP contribution in [0.3, 0.4) is 0 Å². The van der Waals surface area contributed by atoms with Crippen LogP contribution in [0.4, 0.5) is 11.4 Å². The standard InChI is InChI=1S/C20H20ClN3O4/c1-3-24(4-2)20(27)14-7-6-13(10-15(14)21)22-19(26)12-5-8-16-17(9-12)28-11-18(25)23-16/h5-10H,3-4,11H2,1-2H3,(H,22,26)(H,23,25). The van der Waals surface area contributed by atoms with Gasteiger partial charge in [-0.15, -0.1) is 0 Å². The molecular formula is C20H20ClN3O4. The van der Waals surface area contributed by atoms with Crippen LogP contribution in [-0.2, 0) is 4.79 Å². The summed E-state index contributed by atoms with van der Waals surface area (Å²) in [6.45, 7) is 4.89. The monoisotopic (exact) mass is 401 g/mol. The van der Waals surface area contributed by atoms with Crippen LogP contribution in [0.2, 0.25) is 5.02 Å². The van der Waals surface area contributed by atoms with Crippen LogP contribution in [0, 0.1) is 0 Å². The molecule has 2 aromatic rings. The van der Waals surface area contributed by atoms with Gasteiger partial charge in [0, 0.05) is 24.3 Å². The maximum absolute atomic E-state index is 12.5. The van der Waals surface area contributed by atoms with Gasteiger partial charge in [-0.25, -0.2) is 0 Å². The Kier molecular flexibility index (Phi) is 5.84. The molecule has 28 heavy (non-hydrogen) atoms. The molecule has 8 heteroatoms. The Bertz CT molecular complexity index is 941. The van der Waals surface area contributed by atoms with Gasteiger partial charge in [0.15, 0.2) is 6.61 Å². The average Bonchev–Trinajstić information content (AvgIpc) is 2.68. The van der Waals surface area contributed by atoms with Crippen molar-refractivity contribution in [2.45, 2.75) is 13.8 Å². The van der Waals surface area contributed by atoms with E-state index in [0.717, 1.165) is 0 Å². The van der Waals surface area contributed by atoms with Crippen LogP contribution in [0.1, 0.15) is 34.6 Å². The zero-order valence-corrected chi connectivity index (χ0v) is 16.3. The number of amides is 3. The fourth-order valence-electron chi connectivity index (χ4n) is 2.87. The second kappa shape index (κ2) is 8.31. The van der Waals surface area contributed by atoms with Crippen LogP contribution in [-0.4, -0.2) is 42.3 Å². The van der Waals surface area contributed by atoms with Crippen molar-refractivity contribution in [3.05, 3.63) is 52.5 Å². The molecule has 0 fully saturated rings. The molecule has 1 heterocycles. The number of anilines is 2. The third-order valence-electron chi connectivity index (χ3n) is 4.38. The molecule has 146 valence electrons. The van der Waals surface area contributed by atoms with Gasteiger partial charge in [0.05, 0.1) is 16.3 Å². The third-order valence-corrected chi connectivity index (χ3v) is 4.70. The van der Waals surface area contributed by atoms with Crippen LogP contribution in [0.25, 0.3) is 0 Å². The molecule has 0 bridgehead atoms. The quantitative estimate of drug-likeness (QED) is 0.803. The largest absolute Gasteiger partial charge is 0.482 e. The fourth-order valence-corrected chi connectivity index (χ4v) is 3.13. The van der Waals surface area contributed by atoms with E-state index in [0.29, 0.717) is 41.3 Å². The summed E-state index contributed by atoms with van der Waals surface area (Å²) in [7, 11) is 0. The smallest absolute Gasteiger partial charge is 0.262 e. The van der Waals surface area contributed by atoms with Crippen LogP contribution < -0.4 is 15.4 Å². The van der Waals surface area contributed by atoms with Gasteiger partial charge >= 0.3 is 0 Å². The van der Waals surface area contributed by atoms with E-state index in [1.165, 1.54) is 0 Å². The Morgan fingerprint density at radius 1 is 1.18 bits per heavy atom. The molecule has 2 N–H and O–H groups in total. The van der Waals surface area contributed by atoms with Crippen LogP contribution >= 0.6 is 11.6 Å². The number of hydrogen-bond donors (Lipinski definition) is 2. The molecule has 2 aromatic carbocycles. The van der Waals surface area contributed by atoms with Crippen molar-refractivity contribution in [2.24, 2.45) is 0 Å². The topological polar surface area (TPSA) is 87.7 Å². The maximum Gasteiger partial charge on any atom is 0.262 e. The van der Waals surface area contributed by atoms with E-state index in [-0.39, 0.29) is 29.4 Å². The van der Waals surface area contributed by atoms with Crippen LogP contribution in [0.15, 0.2) is 36.4 Å². The van der Waals surface area contributed by atoms with E-state index in [2.05, 4.69) is 10.6 Å². The summed E-state index contributed by atoms with van der Waals surface area (Å²) in [4.78, 5) is 38.0. The molecule has 1 aliphatic heterocycles. The number of fused-ring (bicyclic) bond motifs is 1. The van der Waals surface area contributed by atoms with Gasteiger partial charge in [-0.3, -0.25) is 14.4 Å². The normalized spacial score (nSPS) is 12.5. The molecule has 0 spiro atoms. The molecule has 0 saturated heterocycles. The second-order valence-electron chi connectivity index (χ2n) is 6.17. The van der Waals surface area contributed by atoms with E-state index < -0.39 is 0 Å². The highest BCUT2D eigenvalue weighted by atomic mass is 35.5. The molecule has 3 amide bonds. The third kappa shape index (κ3) is 4.09. The summed E-state index contributed by atoms with van der Waals surface area (Å²) < 4.78 is 5.33. The number of benzene rings is 2. The number of nitrogens with zero attached hydrogens (tertiary/aromatic N) is 1. The zero-order chi connectivity index (χ0) is 20.3. The van der Waals surface area contributed by atoms with Crippen molar-refractivity contribution in [1.29, 1.82) is 0 Å².